The van der Waals surface area contributed by atoms with E-state index in [2.05, 4.69) is 5.16 Å². The minimum absolute atomic E-state index is 0.0748. The molecule has 156 valence electrons. The molecular formula is C19H21F2N3O5. The Morgan fingerprint density at radius 3 is 2.59 bits per heavy atom. The van der Waals surface area contributed by atoms with E-state index in [4.69, 9.17) is 14.0 Å². The Kier molecular flexibility index (Phi) is 4.89. The highest BCUT2D eigenvalue weighted by Crippen LogP contribution is 2.39. The molecule has 0 N–H and O–H groups in total. The van der Waals surface area contributed by atoms with Crippen LogP contribution in [0.15, 0.2) is 10.6 Å². The van der Waals surface area contributed by atoms with Crippen molar-refractivity contribution in [2.75, 3.05) is 29.6 Å². The number of benzene rings is 1. The molecular weight excluding hydrogens is 388 g/mol. The fraction of sp³-hybridized carbons (Fsp3) is 0.526. The van der Waals surface area contributed by atoms with Crippen molar-refractivity contribution in [3.8, 4) is 0 Å². The highest BCUT2D eigenvalue weighted by molar-refractivity contribution is 6.03. The summed E-state index contributed by atoms with van der Waals surface area (Å²) in [5, 5.41) is 3.90. The number of aldehydes is 1. The van der Waals surface area contributed by atoms with Crippen LogP contribution in [-0.2, 0) is 9.47 Å². The lowest BCUT2D eigenvalue weighted by atomic mass is 10.1. The summed E-state index contributed by atoms with van der Waals surface area (Å²) in [6.45, 7) is 5.21. The second kappa shape index (κ2) is 7.25. The molecule has 2 saturated heterocycles. The molecule has 0 unspecified atom stereocenters. The first-order valence-corrected chi connectivity index (χ1v) is 9.39. The van der Waals surface area contributed by atoms with Gasteiger partial charge in [-0.25, -0.2) is 18.5 Å². The molecule has 4 atom stereocenters. The first-order chi connectivity index (χ1) is 13.8. The second-order valence-electron chi connectivity index (χ2n) is 7.47. The first-order valence-electron chi connectivity index (χ1n) is 9.39. The number of rotatable bonds is 4. The average Bonchev–Trinajstić information content (AvgIpc) is 3.20. The third kappa shape index (κ3) is 3.11. The molecule has 29 heavy (non-hydrogen) atoms. The highest BCUT2D eigenvalue weighted by Gasteiger charge is 2.43. The minimum Gasteiger partial charge on any atom is -0.444 e. The monoisotopic (exact) mass is 409 g/mol. The molecule has 0 bridgehead atoms. The van der Waals surface area contributed by atoms with Gasteiger partial charge in [-0.2, -0.15) is 0 Å². The lowest BCUT2D eigenvalue weighted by Crippen LogP contribution is -2.46. The fourth-order valence-corrected chi connectivity index (χ4v) is 4.06. The Morgan fingerprint density at radius 2 is 1.97 bits per heavy atom. The van der Waals surface area contributed by atoms with Crippen molar-refractivity contribution >= 4 is 34.9 Å². The molecule has 2 aliphatic rings. The maximum absolute atomic E-state index is 15.4. The molecule has 1 aromatic heterocycles. The molecule has 4 rings (SSSR count). The van der Waals surface area contributed by atoms with E-state index in [-0.39, 0.29) is 40.2 Å². The summed E-state index contributed by atoms with van der Waals surface area (Å²) in [6, 6.07) is 0.488. The van der Waals surface area contributed by atoms with Gasteiger partial charge in [0.2, 0.25) is 5.58 Å². The van der Waals surface area contributed by atoms with Gasteiger partial charge in [-0.1, -0.05) is 5.16 Å². The van der Waals surface area contributed by atoms with E-state index in [1.807, 2.05) is 13.8 Å². The molecule has 2 aromatic rings. The van der Waals surface area contributed by atoms with Crippen molar-refractivity contribution in [2.45, 2.75) is 45.1 Å². The Morgan fingerprint density at radius 1 is 1.28 bits per heavy atom. The smallest absolute Gasteiger partial charge is 0.416 e. The Bertz CT molecular complexity index is 955. The number of cyclic esters (lactones) is 1. The predicted octanol–water partition coefficient (Wildman–Crippen LogP) is 3.08. The third-order valence-corrected chi connectivity index (χ3v) is 5.30. The summed E-state index contributed by atoms with van der Waals surface area (Å²) in [4.78, 5) is 26.7. The number of carbonyl (C=O) groups excluding carboxylic acids is 2. The van der Waals surface area contributed by atoms with E-state index < -0.39 is 30.7 Å². The number of ether oxygens (including phenoxy) is 2. The van der Waals surface area contributed by atoms with E-state index in [0.29, 0.717) is 19.4 Å². The number of hydrogen-bond acceptors (Lipinski definition) is 7. The number of hydrogen-bond donors (Lipinski definition) is 0. The lowest BCUT2D eigenvalue weighted by Gasteiger charge is -2.37. The topological polar surface area (TPSA) is 85.1 Å². The van der Waals surface area contributed by atoms with E-state index >= 15 is 4.39 Å². The van der Waals surface area contributed by atoms with Crippen molar-refractivity contribution in [3.05, 3.63) is 17.4 Å². The molecule has 10 heteroatoms. The normalized spacial score (nSPS) is 27.6. The van der Waals surface area contributed by atoms with Gasteiger partial charge >= 0.3 is 6.09 Å². The summed E-state index contributed by atoms with van der Waals surface area (Å²) in [7, 11) is 0. The highest BCUT2D eigenvalue weighted by atomic mass is 19.1. The van der Waals surface area contributed by atoms with Gasteiger partial charge in [0.25, 0.3) is 0 Å². The van der Waals surface area contributed by atoms with E-state index in [0.717, 1.165) is 4.90 Å². The van der Waals surface area contributed by atoms with Gasteiger partial charge in [-0.15, -0.1) is 0 Å². The summed E-state index contributed by atoms with van der Waals surface area (Å²) in [5.74, 6) is -0.837. The average molecular weight is 409 g/mol. The van der Waals surface area contributed by atoms with Gasteiger partial charge in [-0.3, -0.25) is 4.79 Å². The zero-order valence-electron chi connectivity index (χ0n) is 16.2. The molecule has 0 aliphatic carbocycles. The molecule has 0 saturated carbocycles. The fourth-order valence-electron chi connectivity index (χ4n) is 4.06. The number of morpholine rings is 1. The Balaban J connectivity index is 1.84. The molecule has 0 radical (unpaired) electrons. The van der Waals surface area contributed by atoms with Crippen molar-refractivity contribution in [2.24, 2.45) is 0 Å². The Hall–Kier alpha value is -2.75. The maximum atomic E-state index is 15.4. The van der Waals surface area contributed by atoms with Crippen LogP contribution < -0.4 is 9.80 Å². The van der Waals surface area contributed by atoms with Crippen LogP contribution in [0, 0.1) is 5.82 Å². The quantitative estimate of drug-likeness (QED) is 0.718. The van der Waals surface area contributed by atoms with Crippen LogP contribution in [0.1, 0.15) is 31.1 Å². The van der Waals surface area contributed by atoms with Gasteiger partial charge < -0.3 is 18.9 Å². The number of carbonyl (C=O) groups is 2. The van der Waals surface area contributed by atoms with Crippen molar-refractivity contribution in [1.29, 1.82) is 0 Å². The molecule has 8 nitrogen and oxygen atoms in total. The second-order valence-corrected chi connectivity index (χ2v) is 7.47. The zero-order valence-corrected chi connectivity index (χ0v) is 16.2. The van der Waals surface area contributed by atoms with Crippen molar-refractivity contribution < 1.29 is 32.4 Å². The lowest BCUT2D eigenvalue weighted by molar-refractivity contribution is -0.00543. The standard InChI is InChI=1S/C19H21F2N3O5/c1-9-6-23(7-10(2)27-9)16-12(8-25)4-13-17(15(16)21)29-22-18(13)24-14(5-20)11(3)28-19(24)26/h4,8-11,14H,5-7H2,1-3H3/t9-,10-,11-,14+/m1/s1. The summed E-state index contributed by atoms with van der Waals surface area (Å²) in [5.41, 5.74) is -0.0351. The number of amides is 1. The van der Waals surface area contributed by atoms with Crippen LogP contribution in [0.2, 0.25) is 0 Å². The minimum atomic E-state index is -0.917. The molecule has 3 heterocycles. The largest absolute Gasteiger partial charge is 0.444 e. The Labute approximate surface area is 165 Å². The number of nitrogens with zero attached hydrogens (tertiary/aromatic N) is 3. The van der Waals surface area contributed by atoms with E-state index in [1.165, 1.54) is 6.07 Å². The first kappa shape index (κ1) is 19.6. The molecule has 1 amide bonds. The molecule has 2 fully saturated rings. The third-order valence-electron chi connectivity index (χ3n) is 5.30. The van der Waals surface area contributed by atoms with Gasteiger partial charge in [0.15, 0.2) is 17.9 Å². The maximum Gasteiger partial charge on any atom is 0.416 e. The summed E-state index contributed by atoms with van der Waals surface area (Å²) < 4.78 is 44.8. The molecule has 0 spiro atoms. The van der Waals surface area contributed by atoms with Crippen LogP contribution in [-0.4, -0.2) is 61.7 Å². The van der Waals surface area contributed by atoms with E-state index in [1.54, 1.807) is 11.8 Å². The van der Waals surface area contributed by atoms with Crippen molar-refractivity contribution in [3.63, 3.8) is 0 Å². The van der Waals surface area contributed by atoms with Crippen LogP contribution in [0.25, 0.3) is 11.0 Å². The number of anilines is 2. The zero-order chi connectivity index (χ0) is 20.9. The number of alkyl halides is 1. The molecule has 1 aromatic carbocycles. The van der Waals surface area contributed by atoms with Crippen molar-refractivity contribution in [1.82, 2.24) is 5.16 Å². The van der Waals surface area contributed by atoms with Gasteiger partial charge in [0.05, 0.1) is 23.3 Å². The SMILES string of the molecule is C[C@@H]1CN(c2c(C=O)cc3c(N4C(=O)O[C@H](C)[C@@H]4CF)noc3c2F)C[C@@H](C)O1. The number of aromatic nitrogens is 1. The summed E-state index contributed by atoms with van der Waals surface area (Å²) in [6.07, 6.45) is -1.26. The number of halogens is 2. The van der Waals surface area contributed by atoms with Gasteiger partial charge in [-0.05, 0) is 26.8 Å². The van der Waals surface area contributed by atoms with E-state index in [9.17, 15) is 14.0 Å². The van der Waals surface area contributed by atoms with Crippen LogP contribution in [0.4, 0.5) is 25.1 Å². The summed E-state index contributed by atoms with van der Waals surface area (Å²) >= 11 is 0. The number of fused-ring (bicyclic) bond motifs is 1. The molecule has 2 aliphatic heterocycles. The van der Waals surface area contributed by atoms with Crippen LogP contribution in [0.3, 0.4) is 0 Å². The predicted molar refractivity (Wildman–Crippen MR) is 99.8 cm³/mol. The van der Waals surface area contributed by atoms with Gasteiger partial charge in [0, 0.05) is 18.7 Å². The van der Waals surface area contributed by atoms with Gasteiger partial charge in [0.1, 0.15) is 18.8 Å². The van der Waals surface area contributed by atoms with Crippen LogP contribution >= 0.6 is 0 Å². The van der Waals surface area contributed by atoms with Crippen LogP contribution in [0.5, 0.6) is 0 Å².